The molecule has 0 atom stereocenters. The summed E-state index contributed by atoms with van der Waals surface area (Å²) in [6.45, 7) is 7.03. The third-order valence-corrected chi connectivity index (χ3v) is 2.85. The second-order valence-corrected chi connectivity index (χ2v) is 5.18. The first kappa shape index (κ1) is 16.4. The molecule has 0 unspecified atom stereocenters. The SMILES string of the molecule is CCCCCCCCOCC(C)(C)C(=O)NN. The minimum absolute atomic E-state index is 0.180. The van der Waals surface area contributed by atoms with Crippen LogP contribution < -0.4 is 11.3 Å². The minimum atomic E-state index is -0.545. The highest BCUT2D eigenvalue weighted by molar-refractivity contribution is 5.81. The van der Waals surface area contributed by atoms with Gasteiger partial charge >= 0.3 is 0 Å². The summed E-state index contributed by atoms with van der Waals surface area (Å²) in [6.07, 6.45) is 7.48. The highest BCUT2D eigenvalue weighted by Crippen LogP contribution is 2.15. The van der Waals surface area contributed by atoms with E-state index in [1.807, 2.05) is 13.8 Å². The molecule has 0 aliphatic heterocycles. The fourth-order valence-corrected chi connectivity index (χ4v) is 1.57. The van der Waals surface area contributed by atoms with Crippen LogP contribution >= 0.6 is 0 Å². The number of unbranched alkanes of at least 4 members (excludes halogenated alkanes) is 5. The predicted molar refractivity (Wildman–Crippen MR) is 70.3 cm³/mol. The number of nitrogens with two attached hydrogens (primary N) is 1. The predicted octanol–water partition coefficient (Wildman–Crippen LogP) is 2.38. The van der Waals surface area contributed by atoms with Crippen LogP contribution in [-0.2, 0) is 9.53 Å². The van der Waals surface area contributed by atoms with Crippen LogP contribution in [-0.4, -0.2) is 19.1 Å². The molecule has 0 radical (unpaired) electrons. The summed E-state index contributed by atoms with van der Waals surface area (Å²) in [7, 11) is 0. The van der Waals surface area contributed by atoms with Crippen LogP contribution in [0.25, 0.3) is 0 Å². The smallest absolute Gasteiger partial charge is 0.241 e. The zero-order valence-electron chi connectivity index (χ0n) is 11.6. The maximum Gasteiger partial charge on any atom is 0.241 e. The van der Waals surface area contributed by atoms with E-state index in [9.17, 15) is 4.79 Å². The summed E-state index contributed by atoms with van der Waals surface area (Å²) in [5.74, 6) is 4.92. The molecule has 0 rings (SSSR count). The van der Waals surface area contributed by atoms with Crippen LogP contribution in [0, 0.1) is 5.41 Å². The number of ether oxygens (including phenoxy) is 1. The topological polar surface area (TPSA) is 64.3 Å². The number of carbonyl (C=O) groups is 1. The average molecular weight is 244 g/mol. The molecule has 0 spiro atoms. The summed E-state index contributed by atoms with van der Waals surface area (Å²) < 4.78 is 5.51. The van der Waals surface area contributed by atoms with Crippen molar-refractivity contribution in [2.75, 3.05) is 13.2 Å². The minimum Gasteiger partial charge on any atom is -0.380 e. The summed E-state index contributed by atoms with van der Waals surface area (Å²) in [5, 5.41) is 0. The molecule has 102 valence electrons. The first-order valence-electron chi connectivity index (χ1n) is 6.63. The van der Waals surface area contributed by atoms with Gasteiger partial charge in [-0.2, -0.15) is 0 Å². The lowest BCUT2D eigenvalue weighted by Crippen LogP contribution is -2.43. The second kappa shape index (κ2) is 9.42. The van der Waals surface area contributed by atoms with Crippen molar-refractivity contribution in [3.05, 3.63) is 0 Å². The van der Waals surface area contributed by atoms with Crippen molar-refractivity contribution in [1.82, 2.24) is 5.43 Å². The van der Waals surface area contributed by atoms with Crippen molar-refractivity contribution in [3.8, 4) is 0 Å². The van der Waals surface area contributed by atoms with Gasteiger partial charge in [0, 0.05) is 6.61 Å². The van der Waals surface area contributed by atoms with E-state index in [1.165, 1.54) is 32.1 Å². The first-order valence-corrected chi connectivity index (χ1v) is 6.63. The number of carbonyl (C=O) groups excluding carboxylic acids is 1. The van der Waals surface area contributed by atoms with Crippen LogP contribution in [0.4, 0.5) is 0 Å². The molecule has 4 nitrogen and oxygen atoms in total. The van der Waals surface area contributed by atoms with Crippen molar-refractivity contribution < 1.29 is 9.53 Å². The van der Waals surface area contributed by atoms with E-state index in [4.69, 9.17) is 10.6 Å². The molecule has 17 heavy (non-hydrogen) atoms. The molecule has 0 aliphatic rings. The molecule has 3 N–H and O–H groups in total. The lowest BCUT2D eigenvalue weighted by atomic mass is 9.94. The number of hydrogen-bond donors (Lipinski definition) is 2. The van der Waals surface area contributed by atoms with E-state index in [0.29, 0.717) is 6.61 Å². The molecule has 0 heterocycles. The standard InChI is InChI=1S/C13H28N2O2/c1-4-5-6-7-8-9-10-17-11-13(2,3)12(16)15-14/h4-11,14H2,1-3H3,(H,15,16). The van der Waals surface area contributed by atoms with Crippen LogP contribution in [0.15, 0.2) is 0 Å². The lowest BCUT2D eigenvalue weighted by molar-refractivity contribution is -0.132. The Morgan fingerprint density at radius 1 is 1.18 bits per heavy atom. The summed E-state index contributed by atoms with van der Waals surface area (Å²) in [5.41, 5.74) is 1.62. The lowest BCUT2D eigenvalue weighted by Gasteiger charge is -2.21. The summed E-state index contributed by atoms with van der Waals surface area (Å²) in [6, 6.07) is 0. The molecular formula is C13H28N2O2. The van der Waals surface area contributed by atoms with Gasteiger partial charge in [-0.05, 0) is 20.3 Å². The Bertz CT molecular complexity index is 206. The number of nitrogens with one attached hydrogen (secondary N) is 1. The summed E-state index contributed by atoms with van der Waals surface area (Å²) in [4.78, 5) is 11.4. The molecule has 0 aliphatic carbocycles. The van der Waals surface area contributed by atoms with Crippen LogP contribution in [0.5, 0.6) is 0 Å². The molecule has 0 saturated heterocycles. The highest BCUT2D eigenvalue weighted by Gasteiger charge is 2.26. The van der Waals surface area contributed by atoms with Crippen LogP contribution in [0.1, 0.15) is 59.3 Å². The van der Waals surface area contributed by atoms with Gasteiger partial charge in [0.2, 0.25) is 5.91 Å². The Morgan fingerprint density at radius 3 is 2.35 bits per heavy atom. The zero-order valence-corrected chi connectivity index (χ0v) is 11.6. The fraction of sp³-hybridized carbons (Fsp3) is 0.923. The Hall–Kier alpha value is -0.610. The van der Waals surface area contributed by atoms with Crippen molar-refractivity contribution in [2.24, 2.45) is 11.3 Å². The van der Waals surface area contributed by atoms with Gasteiger partial charge in [-0.3, -0.25) is 10.2 Å². The van der Waals surface area contributed by atoms with Crippen LogP contribution in [0.3, 0.4) is 0 Å². The highest BCUT2D eigenvalue weighted by atomic mass is 16.5. The normalized spacial score (nSPS) is 11.5. The Balaban J connectivity index is 3.42. The number of hydrazine groups is 1. The van der Waals surface area contributed by atoms with Gasteiger partial charge in [-0.25, -0.2) is 5.84 Å². The van der Waals surface area contributed by atoms with E-state index < -0.39 is 5.41 Å². The van der Waals surface area contributed by atoms with Gasteiger partial charge in [0.1, 0.15) is 0 Å². The van der Waals surface area contributed by atoms with Crippen molar-refractivity contribution in [3.63, 3.8) is 0 Å². The van der Waals surface area contributed by atoms with Crippen molar-refractivity contribution in [1.29, 1.82) is 0 Å². The summed E-state index contributed by atoms with van der Waals surface area (Å²) >= 11 is 0. The van der Waals surface area contributed by atoms with Gasteiger partial charge < -0.3 is 4.74 Å². The van der Waals surface area contributed by atoms with Gasteiger partial charge in [0.05, 0.1) is 12.0 Å². The number of hydrogen-bond acceptors (Lipinski definition) is 3. The molecule has 0 aromatic heterocycles. The maximum atomic E-state index is 11.4. The quantitative estimate of drug-likeness (QED) is 0.268. The van der Waals surface area contributed by atoms with E-state index >= 15 is 0 Å². The van der Waals surface area contributed by atoms with E-state index in [1.54, 1.807) is 0 Å². The van der Waals surface area contributed by atoms with E-state index in [-0.39, 0.29) is 5.91 Å². The molecular weight excluding hydrogens is 216 g/mol. The molecule has 1 amide bonds. The average Bonchev–Trinajstić information content (AvgIpc) is 2.31. The zero-order chi connectivity index (χ0) is 13.1. The van der Waals surface area contributed by atoms with Crippen molar-refractivity contribution >= 4 is 5.91 Å². The van der Waals surface area contributed by atoms with Gasteiger partial charge in [-0.1, -0.05) is 39.0 Å². The number of amides is 1. The third-order valence-electron chi connectivity index (χ3n) is 2.85. The molecule has 4 heteroatoms. The molecule has 0 saturated carbocycles. The Labute approximate surface area is 105 Å². The van der Waals surface area contributed by atoms with Gasteiger partial charge in [0.15, 0.2) is 0 Å². The fourth-order valence-electron chi connectivity index (χ4n) is 1.57. The van der Waals surface area contributed by atoms with Crippen LogP contribution in [0.2, 0.25) is 0 Å². The third kappa shape index (κ3) is 8.16. The molecule has 0 aromatic carbocycles. The monoisotopic (exact) mass is 244 g/mol. The van der Waals surface area contributed by atoms with E-state index in [2.05, 4.69) is 12.3 Å². The molecule has 0 aromatic rings. The Morgan fingerprint density at radius 2 is 1.76 bits per heavy atom. The van der Waals surface area contributed by atoms with Gasteiger partial charge in [0.25, 0.3) is 0 Å². The first-order chi connectivity index (χ1) is 8.04. The van der Waals surface area contributed by atoms with Gasteiger partial charge in [-0.15, -0.1) is 0 Å². The van der Waals surface area contributed by atoms with E-state index in [0.717, 1.165) is 13.0 Å². The van der Waals surface area contributed by atoms with Crippen molar-refractivity contribution in [2.45, 2.75) is 59.3 Å². The maximum absolute atomic E-state index is 11.4. The second-order valence-electron chi connectivity index (χ2n) is 5.18. The Kier molecular flexibility index (Phi) is 9.09. The largest absolute Gasteiger partial charge is 0.380 e. The molecule has 0 fully saturated rings. The molecule has 0 bridgehead atoms. The number of rotatable bonds is 10.